The number of rotatable bonds is 8. The molecule has 0 saturated carbocycles. The van der Waals surface area contributed by atoms with Gasteiger partial charge in [0.15, 0.2) is 0 Å². The van der Waals surface area contributed by atoms with Gasteiger partial charge in [0.1, 0.15) is 22.7 Å². The number of aromatic nitrogens is 2. The molecule has 1 N–H and O–H groups in total. The van der Waals surface area contributed by atoms with Crippen molar-refractivity contribution >= 4 is 11.8 Å². The minimum Gasteiger partial charge on any atom is -0.497 e. The van der Waals surface area contributed by atoms with Gasteiger partial charge in [0.05, 0.1) is 33.0 Å². The summed E-state index contributed by atoms with van der Waals surface area (Å²) in [6, 6.07) is 26.6. The van der Waals surface area contributed by atoms with E-state index in [1.54, 1.807) is 42.9 Å². The Labute approximate surface area is 221 Å². The highest BCUT2D eigenvalue weighted by Crippen LogP contribution is 2.34. The van der Waals surface area contributed by atoms with E-state index in [1.165, 1.54) is 0 Å². The molecule has 0 unspecified atom stereocenters. The van der Waals surface area contributed by atoms with Crippen LogP contribution < -0.4 is 14.8 Å². The summed E-state index contributed by atoms with van der Waals surface area (Å²) < 4.78 is 12.6. The molecule has 38 heavy (non-hydrogen) atoms. The third-order valence-electron chi connectivity index (χ3n) is 6.97. The van der Waals surface area contributed by atoms with E-state index in [2.05, 4.69) is 5.32 Å². The number of carbonyl (C=O) groups is 2. The summed E-state index contributed by atoms with van der Waals surface area (Å²) in [5.74, 6) is 0.684. The summed E-state index contributed by atoms with van der Waals surface area (Å²) in [4.78, 5) is 29.4. The maximum Gasteiger partial charge on any atom is 0.273 e. The average Bonchev–Trinajstić information content (AvgIpc) is 3.39. The van der Waals surface area contributed by atoms with Crippen LogP contribution in [-0.4, -0.2) is 46.3 Å². The lowest BCUT2D eigenvalue weighted by atomic mass is 9.93. The Morgan fingerprint density at radius 1 is 0.974 bits per heavy atom. The zero-order valence-corrected chi connectivity index (χ0v) is 21.7. The molecule has 2 amide bonds. The first-order chi connectivity index (χ1) is 18.4. The predicted octanol–water partition coefficient (Wildman–Crippen LogP) is 4.30. The van der Waals surface area contributed by atoms with Crippen molar-refractivity contribution in [2.45, 2.75) is 32.1 Å². The Kier molecular flexibility index (Phi) is 6.87. The maximum atomic E-state index is 14.0. The number of carbonyl (C=O) groups excluding carboxylic acids is 2. The van der Waals surface area contributed by atoms with Gasteiger partial charge < -0.3 is 19.7 Å². The Morgan fingerprint density at radius 3 is 2.37 bits per heavy atom. The summed E-state index contributed by atoms with van der Waals surface area (Å²) in [5.41, 5.74) is 2.56. The fourth-order valence-electron chi connectivity index (χ4n) is 4.76. The number of methoxy groups -OCH3 is 2. The predicted molar refractivity (Wildman–Crippen MR) is 144 cm³/mol. The Hall–Kier alpha value is -4.59. The molecular formula is C30H30N4O4. The van der Waals surface area contributed by atoms with Crippen LogP contribution in [0.5, 0.6) is 11.5 Å². The van der Waals surface area contributed by atoms with Crippen molar-refractivity contribution in [3.05, 3.63) is 102 Å². The van der Waals surface area contributed by atoms with Crippen LogP contribution in [0.25, 0.3) is 11.3 Å². The van der Waals surface area contributed by atoms with Gasteiger partial charge in [-0.05, 0) is 30.7 Å². The second-order valence-corrected chi connectivity index (χ2v) is 9.45. The molecule has 4 aromatic rings. The van der Waals surface area contributed by atoms with Gasteiger partial charge in [0.2, 0.25) is 5.91 Å². The highest BCUT2D eigenvalue weighted by Gasteiger charge is 2.48. The number of ether oxygens (including phenoxy) is 2. The van der Waals surface area contributed by atoms with Crippen molar-refractivity contribution in [2.24, 2.45) is 0 Å². The summed E-state index contributed by atoms with van der Waals surface area (Å²) in [7, 11) is 3.16. The summed E-state index contributed by atoms with van der Waals surface area (Å²) in [6.45, 7) is 2.52. The highest BCUT2D eigenvalue weighted by atomic mass is 16.5. The molecule has 2 heterocycles. The van der Waals surface area contributed by atoms with Crippen LogP contribution in [0.3, 0.4) is 0 Å². The van der Waals surface area contributed by atoms with Gasteiger partial charge >= 0.3 is 0 Å². The molecule has 1 atom stereocenters. The van der Waals surface area contributed by atoms with Crippen LogP contribution in [0.2, 0.25) is 0 Å². The number of hydrogen-bond donors (Lipinski definition) is 1. The Bertz CT molecular complexity index is 1450. The van der Waals surface area contributed by atoms with E-state index < -0.39 is 5.54 Å². The molecule has 0 spiro atoms. The number of benzene rings is 3. The standard InChI is InChI=1S/C30H30N4O4/c1-30(29(36)31-18-21-10-6-4-7-11-21)20-34-26(17-25(32-34)22-12-8-5-9-13-22)28(35)33(30)19-23-14-15-24(37-2)16-27(23)38-3/h4-17H,18-20H2,1-3H3,(H,31,36)/t30-/m1/s1. The molecule has 0 saturated heterocycles. The van der Waals surface area contributed by atoms with E-state index in [9.17, 15) is 9.59 Å². The third kappa shape index (κ3) is 4.72. The average molecular weight is 511 g/mol. The van der Waals surface area contributed by atoms with E-state index in [0.29, 0.717) is 29.4 Å². The van der Waals surface area contributed by atoms with Crippen molar-refractivity contribution in [2.75, 3.05) is 14.2 Å². The molecule has 8 heteroatoms. The first-order valence-corrected chi connectivity index (χ1v) is 12.4. The molecule has 0 radical (unpaired) electrons. The minimum absolute atomic E-state index is 0.174. The van der Waals surface area contributed by atoms with Crippen LogP contribution in [0.1, 0.15) is 28.5 Å². The summed E-state index contributed by atoms with van der Waals surface area (Å²) in [5, 5.41) is 7.75. The molecule has 0 fully saturated rings. The first kappa shape index (κ1) is 25.1. The van der Waals surface area contributed by atoms with E-state index in [-0.39, 0.29) is 24.9 Å². The number of fused-ring (bicyclic) bond motifs is 1. The van der Waals surface area contributed by atoms with Crippen LogP contribution in [0, 0.1) is 0 Å². The van der Waals surface area contributed by atoms with Crippen molar-refractivity contribution in [1.82, 2.24) is 20.0 Å². The molecule has 194 valence electrons. The lowest BCUT2D eigenvalue weighted by molar-refractivity contribution is -0.133. The monoisotopic (exact) mass is 510 g/mol. The number of nitrogens with zero attached hydrogens (tertiary/aromatic N) is 3. The van der Waals surface area contributed by atoms with Crippen molar-refractivity contribution in [3.63, 3.8) is 0 Å². The summed E-state index contributed by atoms with van der Waals surface area (Å²) >= 11 is 0. The molecule has 3 aromatic carbocycles. The van der Waals surface area contributed by atoms with Gasteiger partial charge in [-0.25, -0.2) is 0 Å². The zero-order valence-electron chi connectivity index (χ0n) is 21.7. The van der Waals surface area contributed by atoms with E-state index in [1.807, 2.05) is 72.8 Å². The van der Waals surface area contributed by atoms with E-state index in [4.69, 9.17) is 14.6 Å². The number of amides is 2. The minimum atomic E-state index is -1.20. The van der Waals surface area contributed by atoms with Gasteiger partial charge in [-0.3, -0.25) is 14.3 Å². The normalized spacial score (nSPS) is 16.6. The lowest BCUT2D eigenvalue weighted by Crippen LogP contribution is -2.63. The molecule has 0 aliphatic carbocycles. The van der Waals surface area contributed by atoms with Crippen molar-refractivity contribution in [3.8, 4) is 22.8 Å². The molecule has 1 aliphatic rings. The highest BCUT2D eigenvalue weighted by molar-refractivity contribution is 6.00. The van der Waals surface area contributed by atoms with Gasteiger partial charge in [-0.2, -0.15) is 5.10 Å². The van der Waals surface area contributed by atoms with Gasteiger partial charge in [-0.1, -0.05) is 60.7 Å². The topological polar surface area (TPSA) is 85.7 Å². The fraction of sp³-hybridized carbons (Fsp3) is 0.233. The number of nitrogens with one attached hydrogen (secondary N) is 1. The maximum absolute atomic E-state index is 14.0. The second-order valence-electron chi connectivity index (χ2n) is 9.45. The van der Waals surface area contributed by atoms with Crippen molar-refractivity contribution < 1.29 is 19.1 Å². The smallest absolute Gasteiger partial charge is 0.273 e. The molecule has 1 aromatic heterocycles. The fourth-order valence-corrected chi connectivity index (χ4v) is 4.76. The van der Waals surface area contributed by atoms with Gasteiger partial charge in [0, 0.05) is 23.7 Å². The Balaban J connectivity index is 1.52. The second kappa shape index (κ2) is 10.4. The Morgan fingerprint density at radius 2 is 1.68 bits per heavy atom. The van der Waals surface area contributed by atoms with Gasteiger partial charge in [-0.15, -0.1) is 0 Å². The van der Waals surface area contributed by atoms with Crippen molar-refractivity contribution in [1.29, 1.82) is 0 Å². The lowest BCUT2D eigenvalue weighted by Gasteiger charge is -2.43. The summed E-state index contributed by atoms with van der Waals surface area (Å²) in [6.07, 6.45) is 0. The van der Waals surface area contributed by atoms with Crippen LogP contribution >= 0.6 is 0 Å². The molecular weight excluding hydrogens is 480 g/mol. The van der Waals surface area contributed by atoms with Crippen LogP contribution in [-0.2, 0) is 24.4 Å². The number of hydrogen-bond acceptors (Lipinski definition) is 5. The first-order valence-electron chi connectivity index (χ1n) is 12.4. The SMILES string of the molecule is COc1ccc(CN2C(=O)c3cc(-c4ccccc4)nn3C[C@]2(C)C(=O)NCc2ccccc2)c(OC)c1. The van der Waals surface area contributed by atoms with Crippen LogP contribution in [0.4, 0.5) is 0 Å². The third-order valence-corrected chi connectivity index (χ3v) is 6.97. The van der Waals surface area contributed by atoms with E-state index in [0.717, 1.165) is 16.7 Å². The molecule has 5 rings (SSSR count). The largest absolute Gasteiger partial charge is 0.497 e. The molecule has 0 bridgehead atoms. The van der Waals surface area contributed by atoms with Gasteiger partial charge in [0.25, 0.3) is 5.91 Å². The quantitative estimate of drug-likeness (QED) is 0.382. The molecule has 8 nitrogen and oxygen atoms in total. The van der Waals surface area contributed by atoms with E-state index >= 15 is 0 Å². The van der Waals surface area contributed by atoms with Crippen LogP contribution in [0.15, 0.2) is 84.9 Å². The zero-order chi connectivity index (χ0) is 26.7. The molecule has 1 aliphatic heterocycles.